The number of carbonyl (C=O) groups is 3. The molecule has 1 saturated heterocycles. The molecule has 9 nitrogen and oxygen atoms in total. The Morgan fingerprint density at radius 3 is 2.69 bits per heavy atom. The summed E-state index contributed by atoms with van der Waals surface area (Å²) >= 11 is 6.05. The number of amides is 2. The number of piperidine rings is 1. The fraction of sp³-hybridized carbons (Fsp3) is 0.636. The van der Waals surface area contributed by atoms with Crippen LogP contribution in [0.25, 0.3) is 0 Å². The third-order valence-electron chi connectivity index (χ3n) is 5.16. The second kappa shape index (κ2) is 12.6. The molecule has 2 heterocycles. The Morgan fingerprint density at radius 2 is 2.06 bits per heavy atom. The predicted octanol–water partition coefficient (Wildman–Crippen LogP) is 2.51. The molecule has 1 fully saturated rings. The van der Waals surface area contributed by atoms with Crippen LogP contribution in [0.15, 0.2) is 12.2 Å². The average molecular weight is 469 g/mol. The van der Waals surface area contributed by atoms with Crippen LogP contribution in [0.5, 0.6) is 0 Å². The number of esters is 1. The topological polar surface area (TPSA) is 114 Å². The highest BCUT2D eigenvalue weighted by atomic mass is 35.5. The number of likely N-dealkylation sites (tertiary alicyclic amines) is 1. The molecule has 0 bridgehead atoms. The van der Waals surface area contributed by atoms with Crippen molar-refractivity contribution in [2.75, 3.05) is 26.3 Å². The zero-order valence-corrected chi connectivity index (χ0v) is 19.9. The number of halogens is 1. The molecule has 2 amide bonds. The maximum absolute atomic E-state index is 12.7. The van der Waals surface area contributed by atoms with Gasteiger partial charge in [0, 0.05) is 31.8 Å². The van der Waals surface area contributed by atoms with Gasteiger partial charge in [-0.2, -0.15) is 0 Å². The highest BCUT2D eigenvalue weighted by Crippen LogP contribution is 2.18. The standard InChI is InChI=1S/C22H33ClN4O5/c1-5-15-20(23)26-21(24-15)22(30)25-16-9-11-27(13-17(16)32-12-10-14(3)4)18(28)7-8-19(29)31-6-2/h7-8,14,16-17H,5-6,9-13H2,1-4H3,(H,24,26)(H,25,30)/b8-7+/t16-,17+/m1/s1. The van der Waals surface area contributed by atoms with Crippen molar-refractivity contribution in [3.8, 4) is 0 Å². The Kier molecular flexibility index (Phi) is 10.2. The Bertz CT molecular complexity index is 823. The summed E-state index contributed by atoms with van der Waals surface area (Å²) in [6, 6.07) is -0.290. The van der Waals surface area contributed by atoms with E-state index >= 15 is 0 Å². The zero-order chi connectivity index (χ0) is 23.7. The first-order valence-electron chi connectivity index (χ1n) is 11.1. The number of aromatic nitrogens is 2. The summed E-state index contributed by atoms with van der Waals surface area (Å²) < 4.78 is 10.9. The van der Waals surface area contributed by atoms with E-state index in [1.165, 1.54) is 6.08 Å². The fourth-order valence-corrected chi connectivity index (χ4v) is 3.57. The number of nitrogens with zero attached hydrogens (tertiary/aromatic N) is 2. The number of rotatable bonds is 10. The van der Waals surface area contributed by atoms with Crippen molar-refractivity contribution in [3.63, 3.8) is 0 Å². The number of nitrogens with one attached hydrogen (secondary N) is 2. The number of aryl methyl sites for hydroxylation is 1. The van der Waals surface area contributed by atoms with Crippen molar-refractivity contribution in [3.05, 3.63) is 28.8 Å². The number of hydrogen-bond acceptors (Lipinski definition) is 6. The van der Waals surface area contributed by atoms with Gasteiger partial charge >= 0.3 is 5.97 Å². The van der Waals surface area contributed by atoms with Crippen molar-refractivity contribution in [2.45, 2.75) is 59.1 Å². The Labute approximate surface area is 193 Å². The lowest BCUT2D eigenvalue weighted by Gasteiger charge is -2.38. The van der Waals surface area contributed by atoms with Crippen molar-refractivity contribution >= 4 is 29.4 Å². The van der Waals surface area contributed by atoms with Crippen LogP contribution in [-0.4, -0.2) is 71.1 Å². The molecule has 1 aliphatic rings. The molecule has 32 heavy (non-hydrogen) atoms. The minimum atomic E-state index is -0.559. The summed E-state index contributed by atoms with van der Waals surface area (Å²) in [4.78, 5) is 45.4. The van der Waals surface area contributed by atoms with E-state index < -0.39 is 5.97 Å². The molecular weight excluding hydrogens is 436 g/mol. The first-order chi connectivity index (χ1) is 15.2. The van der Waals surface area contributed by atoms with E-state index in [0.717, 1.165) is 12.5 Å². The zero-order valence-electron chi connectivity index (χ0n) is 19.2. The minimum Gasteiger partial charge on any atom is -0.463 e. The molecule has 0 aromatic carbocycles. The Morgan fingerprint density at radius 1 is 1.31 bits per heavy atom. The molecule has 0 aliphatic carbocycles. The number of hydrogen-bond donors (Lipinski definition) is 2. The summed E-state index contributed by atoms with van der Waals surface area (Å²) in [5, 5.41) is 3.26. The van der Waals surface area contributed by atoms with Gasteiger partial charge in [-0.3, -0.25) is 9.59 Å². The smallest absolute Gasteiger partial charge is 0.330 e. The molecule has 0 saturated carbocycles. The quantitative estimate of drug-likeness (QED) is 0.403. The van der Waals surface area contributed by atoms with E-state index in [-0.39, 0.29) is 41.5 Å². The minimum absolute atomic E-state index is 0.156. The number of H-pyrrole nitrogens is 1. The van der Waals surface area contributed by atoms with Gasteiger partial charge in [0.2, 0.25) is 5.91 Å². The summed E-state index contributed by atoms with van der Waals surface area (Å²) in [6.45, 7) is 9.30. The third kappa shape index (κ3) is 7.63. The highest BCUT2D eigenvalue weighted by Gasteiger charge is 2.33. The third-order valence-corrected chi connectivity index (χ3v) is 5.47. The normalized spacial score (nSPS) is 18.9. The van der Waals surface area contributed by atoms with Gasteiger partial charge < -0.3 is 24.7 Å². The monoisotopic (exact) mass is 468 g/mol. The Balaban J connectivity index is 2.05. The molecular formula is C22H33ClN4O5. The lowest BCUT2D eigenvalue weighted by atomic mass is 10.0. The van der Waals surface area contributed by atoms with E-state index in [1.807, 2.05) is 6.92 Å². The Hall–Kier alpha value is -2.39. The average Bonchev–Trinajstić information content (AvgIpc) is 3.13. The number of aromatic amines is 1. The second-order valence-electron chi connectivity index (χ2n) is 8.04. The van der Waals surface area contributed by atoms with E-state index in [4.69, 9.17) is 21.1 Å². The molecule has 1 aromatic rings. The van der Waals surface area contributed by atoms with Gasteiger partial charge in [-0.15, -0.1) is 0 Å². The van der Waals surface area contributed by atoms with Gasteiger partial charge in [-0.25, -0.2) is 9.78 Å². The number of ether oxygens (including phenoxy) is 2. The second-order valence-corrected chi connectivity index (χ2v) is 8.40. The van der Waals surface area contributed by atoms with Crippen LogP contribution in [0.1, 0.15) is 56.8 Å². The van der Waals surface area contributed by atoms with Gasteiger partial charge in [-0.05, 0) is 32.1 Å². The highest BCUT2D eigenvalue weighted by molar-refractivity contribution is 6.30. The van der Waals surface area contributed by atoms with Crippen LogP contribution >= 0.6 is 11.6 Å². The number of imidazole rings is 1. The van der Waals surface area contributed by atoms with Gasteiger partial charge in [0.1, 0.15) is 0 Å². The van der Waals surface area contributed by atoms with E-state index in [0.29, 0.717) is 44.1 Å². The van der Waals surface area contributed by atoms with Crippen LogP contribution in [-0.2, 0) is 25.5 Å². The maximum Gasteiger partial charge on any atom is 0.330 e. The molecule has 1 aliphatic heterocycles. The molecule has 0 spiro atoms. The predicted molar refractivity (Wildman–Crippen MR) is 120 cm³/mol. The van der Waals surface area contributed by atoms with Crippen molar-refractivity contribution in [2.24, 2.45) is 5.92 Å². The molecule has 10 heteroatoms. The van der Waals surface area contributed by atoms with Crippen LogP contribution in [0.3, 0.4) is 0 Å². The molecule has 0 radical (unpaired) electrons. The van der Waals surface area contributed by atoms with Crippen molar-refractivity contribution in [1.29, 1.82) is 0 Å². The van der Waals surface area contributed by atoms with Crippen molar-refractivity contribution in [1.82, 2.24) is 20.2 Å². The van der Waals surface area contributed by atoms with E-state index in [1.54, 1.807) is 11.8 Å². The molecule has 2 atom stereocenters. The summed E-state index contributed by atoms with van der Waals surface area (Å²) in [5.41, 5.74) is 0.704. The van der Waals surface area contributed by atoms with Crippen LogP contribution < -0.4 is 5.32 Å². The molecule has 2 N–H and O–H groups in total. The molecule has 178 valence electrons. The lowest BCUT2D eigenvalue weighted by Crippen LogP contribution is -2.56. The number of carbonyl (C=O) groups excluding carboxylic acids is 3. The first-order valence-corrected chi connectivity index (χ1v) is 11.4. The molecule has 0 unspecified atom stereocenters. The van der Waals surface area contributed by atoms with Crippen molar-refractivity contribution < 1.29 is 23.9 Å². The van der Waals surface area contributed by atoms with Gasteiger partial charge in [-0.1, -0.05) is 32.4 Å². The van der Waals surface area contributed by atoms with E-state index in [9.17, 15) is 14.4 Å². The van der Waals surface area contributed by atoms with E-state index in [2.05, 4.69) is 29.1 Å². The maximum atomic E-state index is 12.7. The summed E-state index contributed by atoms with van der Waals surface area (Å²) in [5.74, 6) is -0.601. The van der Waals surface area contributed by atoms with Crippen LogP contribution in [0.2, 0.25) is 5.15 Å². The molecule has 1 aromatic heterocycles. The van der Waals surface area contributed by atoms with Gasteiger partial charge in [0.25, 0.3) is 5.91 Å². The van der Waals surface area contributed by atoms with Crippen LogP contribution in [0, 0.1) is 5.92 Å². The lowest BCUT2D eigenvalue weighted by molar-refractivity contribution is -0.138. The molecule has 2 rings (SSSR count). The first kappa shape index (κ1) is 25.9. The SMILES string of the molecule is CCOC(=O)/C=C/C(=O)N1CC[C@@H](NC(=O)c2nc(Cl)c(CC)[nH]2)[C@@H](OCCC(C)C)C1. The summed E-state index contributed by atoms with van der Waals surface area (Å²) in [7, 11) is 0. The van der Waals surface area contributed by atoms with Gasteiger partial charge in [0.15, 0.2) is 11.0 Å². The van der Waals surface area contributed by atoms with Crippen LogP contribution in [0.4, 0.5) is 0 Å². The fourth-order valence-electron chi connectivity index (χ4n) is 3.31. The largest absolute Gasteiger partial charge is 0.463 e. The summed E-state index contributed by atoms with van der Waals surface area (Å²) in [6.07, 6.45) is 3.95. The van der Waals surface area contributed by atoms with Gasteiger partial charge in [0.05, 0.1) is 24.4 Å².